The van der Waals surface area contributed by atoms with Crippen LogP contribution in [0, 0.1) is 0 Å². The molecule has 0 aliphatic carbocycles. The number of carbonyl (C=O) groups excluding carboxylic acids is 1. The van der Waals surface area contributed by atoms with Gasteiger partial charge in [0.2, 0.25) is 0 Å². The molecule has 0 radical (unpaired) electrons. The first kappa shape index (κ1) is 11.4. The lowest BCUT2D eigenvalue weighted by atomic mass is 10.1. The van der Waals surface area contributed by atoms with Gasteiger partial charge in [-0.2, -0.15) is 0 Å². The van der Waals surface area contributed by atoms with Crippen molar-refractivity contribution in [2.24, 2.45) is 5.73 Å². The zero-order chi connectivity index (χ0) is 10.9. The summed E-state index contributed by atoms with van der Waals surface area (Å²) in [6.45, 7) is 0.677. The average molecular weight is 201 g/mol. The van der Waals surface area contributed by atoms with Crippen molar-refractivity contribution < 1.29 is 4.79 Å². The van der Waals surface area contributed by atoms with Crippen molar-refractivity contribution in [3.8, 4) is 0 Å². The minimum Gasteiger partial charge on any atom is -0.330 e. The summed E-state index contributed by atoms with van der Waals surface area (Å²) in [4.78, 5) is 10.1. The van der Waals surface area contributed by atoms with Crippen LogP contribution in [0.5, 0.6) is 0 Å². The van der Waals surface area contributed by atoms with Gasteiger partial charge >= 0.3 is 0 Å². The lowest BCUT2D eigenvalue weighted by Gasteiger charge is -1.95. The molecule has 0 aromatic heterocycles. The maximum atomic E-state index is 10.1. The van der Waals surface area contributed by atoms with Gasteiger partial charge < -0.3 is 5.73 Å². The van der Waals surface area contributed by atoms with E-state index >= 15 is 0 Å². The van der Waals surface area contributed by atoms with Gasteiger partial charge in [0.25, 0.3) is 0 Å². The smallest absolute Gasteiger partial charge is 0.142 e. The molecule has 0 heterocycles. The average Bonchev–Trinajstić information content (AvgIpc) is 2.28. The van der Waals surface area contributed by atoms with Crippen LogP contribution in [0.4, 0.5) is 0 Å². The van der Waals surface area contributed by atoms with Gasteiger partial charge in [-0.15, -0.1) is 0 Å². The monoisotopic (exact) mass is 201 g/mol. The highest BCUT2D eigenvalue weighted by molar-refractivity contribution is 5.74. The molecule has 2 N–H and O–H groups in total. The third-order valence-corrected chi connectivity index (χ3v) is 1.95. The lowest BCUT2D eigenvalue weighted by Crippen LogP contribution is -1.94. The number of allylic oxidation sites excluding steroid dienone is 1. The number of benzene rings is 1. The Morgan fingerprint density at radius 1 is 1.07 bits per heavy atom. The molecule has 0 saturated carbocycles. The summed E-state index contributed by atoms with van der Waals surface area (Å²) >= 11 is 0. The first-order valence-corrected chi connectivity index (χ1v) is 4.95. The molecule has 0 aliphatic heterocycles. The number of rotatable bonds is 5. The first-order valence-electron chi connectivity index (χ1n) is 4.95. The molecule has 2 heteroatoms. The van der Waals surface area contributed by atoms with E-state index in [1.807, 2.05) is 30.3 Å². The molecule has 1 aromatic rings. The highest BCUT2D eigenvalue weighted by atomic mass is 16.1. The van der Waals surface area contributed by atoms with E-state index in [0.717, 1.165) is 23.8 Å². The lowest BCUT2D eigenvalue weighted by molar-refractivity contribution is -0.104. The second-order valence-corrected chi connectivity index (χ2v) is 3.14. The van der Waals surface area contributed by atoms with Gasteiger partial charge in [0.1, 0.15) is 6.29 Å². The van der Waals surface area contributed by atoms with E-state index in [4.69, 9.17) is 5.73 Å². The molecule has 0 spiro atoms. The van der Waals surface area contributed by atoms with E-state index in [2.05, 4.69) is 6.08 Å². The van der Waals surface area contributed by atoms with Crippen LogP contribution in [-0.4, -0.2) is 12.8 Å². The molecule has 78 valence electrons. The van der Waals surface area contributed by atoms with E-state index in [1.54, 1.807) is 6.08 Å². The molecule has 0 fully saturated rings. The Labute approximate surface area is 90.1 Å². The first-order chi connectivity index (χ1) is 7.36. The topological polar surface area (TPSA) is 43.1 Å². The summed E-state index contributed by atoms with van der Waals surface area (Å²) in [5, 5.41) is 0. The number of hydrogen-bond donors (Lipinski definition) is 1. The Kier molecular flexibility index (Phi) is 5.12. The molecular weight excluding hydrogens is 186 g/mol. The van der Waals surface area contributed by atoms with E-state index in [1.165, 1.54) is 6.08 Å². The maximum absolute atomic E-state index is 10.1. The minimum atomic E-state index is 0.677. The van der Waals surface area contributed by atoms with Crippen molar-refractivity contribution in [2.45, 2.75) is 6.42 Å². The zero-order valence-corrected chi connectivity index (χ0v) is 8.60. The van der Waals surface area contributed by atoms with Crippen LogP contribution in [0.15, 0.2) is 36.4 Å². The Bertz CT molecular complexity index is 349. The number of nitrogens with two attached hydrogens (primary N) is 1. The predicted molar refractivity (Wildman–Crippen MR) is 64.2 cm³/mol. The summed E-state index contributed by atoms with van der Waals surface area (Å²) in [5.41, 5.74) is 7.55. The minimum absolute atomic E-state index is 0.677. The molecule has 0 atom stereocenters. The molecule has 0 saturated heterocycles. The SMILES string of the molecule is NCCC=Cc1ccc(/C=C/C=O)cc1. The molecule has 0 unspecified atom stereocenters. The van der Waals surface area contributed by atoms with Crippen LogP contribution in [0.2, 0.25) is 0 Å². The molecule has 0 amide bonds. The summed E-state index contributed by atoms with van der Waals surface area (Å²) < 4.78 is 0. The van der Waals surface area contributed by atoms with Gasteiger partial charge in [-0.3, -0.25) is 4.79 Å². The Morgan fingerprint density at radius 3 is 2.20 bits per heavy atom. The highest BCUT2D eigenvalue weighted by Gasteiger charge is 1.87. The van der Waals surface area contributed by atoms with Crippen LogP contribution in [-0.2, 0) is 4.79 Å². The fourth-order valence-electron chi connectivity index (χ4n) is 1.18. The largest absolute Gasteiger partial charge is 0.330 e. The predicted octanol–water partition coefficient (Wildman–Crippen LogP) is 2.26. The maximum Gasteiger partial charge on any atom is 0.142 e. The normalized spacial score (nSPS) is 11.3. The van der Waals surface area contributed by atoms with Crippen LogP contribution in [0.1, 0.15) is 17.5 Å². The van der Waals surface area contributed by atoms with E-state index in [9.17, 15) is 4.79 Å². The van der Waals surface area contributed by atoms with Gasteiger partial charge in [0.15, 0.2) is 0 Å². The van der Waals surface area contributed by atoms with Crippen LogP contribution < -0.4 is 5.73 Å². The van der Waals surface area contributed by atoms with E-state index in [0.29, 0.717) is 6.54 Å². The number of hydrogen-bond acceptors (Lipinski definition) is 2. The summed E-state index contributed by atoms with van der Waals surface area (Å²) in [6.07, 6.45) is 9.03. The van der Waals surface area contributed by atoms with Crippen molar-refractivity contribution in [3.63, 3.8) is 0 Å². The zero-order valence-electron chi connectivity index (χ0n) is 8.60. The Morgan fingerprint density at radius 2 is 1.67 bits per heavy atom. The second kappa shape index (κ2) is 6.74. The van der Waals surface area contributed by atoms with Crippen LogP contribution >= 0.6 is 0 Å². The summed E-state index contributed by atoms with van der Waals surface area (Å²) in [6, 6.07) is 7.97. The van der Waals surface area contributed by atoms with Crippen molar-refractivity contribution in [1.29, 1.82) is 0 Å². The van der Waals surface area contributed by atoms with Crippen molar-refractivity contribution in [3.05, 3.63) is 47.5 Å². The standard InChI is InChI=1S/C13H15NO/c14-10-2-1-4-12-6-8-13(9-7-12)5-3-11-15/h1,3-9,11H,2,10,14H2/b4-1?,5-3+. The van der Waals surface area contributed by atoms with Gasteiger partial charge in [-0.25, -0.2) is 0 Å². The van der Waals surface area contributed by atoms with Crippen LogP contribution in [0.3, 0.4) is 0 Å². The van der Waals surface area contributed by atoms with E-state index in [-0.39, 0.29) is 0 Å². The second-order valence-electron chi connectivity index (χ2n) is 3.14. The molecule has 0 bridgehead atoms. The Hall–Kier alpha value is -1.67. The molecule has 1 aromatic carbocycles. The molecule has 15 heavy (non-hydrogen) atoms. The summed E-state index contributed by atoms with van der Waals surface area (Å²) in [5.74, 6) is 0. The summed E-state index contributed by atoms with van der Waals surface area (Å²) in [7, 11) is 0. The third kappa shape index (κ3) is 4.38. The van der Waals surface area contributed by atoms with Gasteiger partial charge in [0, 0.05) is 0 Å². The fourth-order valence-corrected chi connectivity index (χ4v) is 1.18. The fraction of sp³-hybridized carbons (Fsp3) is 0.154. The van der Waals surface area contributed by atoms with Crippen molar-refractivity contribution in [1.82, 2.24) is 0 Å². The van der Waals surface area contributed by atoms with Gasteiger partial charge in [-0.1, -0.05) is 42.5 Å². The quantitative estimate of drug-likeness (QED) is 0.586. The van der Waals surface area contributed by atoms with Gasteiger partial charge in [-0.05, 0) is 30.2 Å². The van der Waals surface area contributed by atoms with Gasteiger partial charge in [0.05, 0.1) is 0 Å². The molecule has 1 rings (SSSR count). The van der Waals surface area contributed by atoms with Crippen LogP contribution in [0.25, 0.3) is 12.2 Å². The highest BCUT2D eigenvalue weighted by Crippen LogP contribution is 2.07. The Balaban J connectivity index is 2.63. The molecule has 0 aliphatic rings. The van der Waals surface area contributed by atoms with E-state index < -0.39 is 0 Å². The molecular formula is C13H15NO. The van der Waals surface area contributed by atoms with Crippen molar-refractivity contribution >= 4 is 18.4 Å². The third-order valence-electron chi connectivity index (χ3n) is 1.95. The number of carbonyl (C=O) groups is 1. The molecule has 2 nitrogen and oxygen atoms in total. The number of aldehydes is 1. The van der Waals surface area contributed by atoms with Crippen molar-refractivity contribution in [2.75, 3.05) is 6.54 Å².